The molecule has 108 valence electrons. The van der Waals surface area contributed by atoms with E-state index in [0.29, 0.717) is 24.1 Å². The maximum atomic E-state index is 13.9. The first-order chi connectivity index (χ1) is 9.63. The van der Waals surface area contributed by atoms with Crippen molar-refractivity contribution in [2.75, 3.05) is 19.6 Å². The molecule has 2 fully saturated rings. The molecule has 20 heavy (non-hydrogen) atoms. The van der Waals surface area contributed by atoms with Crippen LogP contribution in [0.2, 0.25) is 0 Å². The van der Waals surface area contributed by atoms with Crippen molar-refractivity contribution in [3.05, 3.63) is 39.7 Å². The Labute approximate surface area is 116 Å². The van der Waals surface area contributed by atoms with Gasteiger partial charge in [0.2, 0.25) is 0 Å². The van der Waals surface area contributed by atoms with Crippen LogP contribution in [0.15, 0.2) is 18.2 Å². The maximum Gasteiger partial charge on any atom is 0.272 e. The molecule has 0 spiro atoms. The molecule has 2 aliphatic rings. The minimum atomic E-state index is -0.567. The summed E-state index contributed by atoms with van der Waals surface area (Å²) in [6.07, 6.45) is 2.28. The summed E-state index contributed by atoms with van der Waals surface area (Å²) < 4.78 is 13.9. The van der Waals surface area contributed by atoms with E-state index in [2.05, 4.69) is 10.2 Å². The second kappa shape index (κ2) is 5.46. The molecule has 0 radical (unpaired) electrons. The Morgan fingerprint density at radius 1 is 1.45 bits per heavy atom. The minimum absolute atomic E-state index is 0.190. The molecule has 1 aromatic carbocycles. The fraction of sp³-hybridized carbons (Fsp3) is 0.571. The highest BCUT2D eigenvalue weighted by atomic mass is 19.1. The molecule has 0 aromatic heterocycles. The second-order valence-electron chi connectivity index (χ2n) is 5.67. The van der Waals surface area contributed by atoms with Gasteiger partial charge in [0, 0.05) is 30.8 Å². The molecule has 1 aromatic rings. The lowest BCUT2D eigenvalue weighted by atomic mass is 9.93. The van der Waals surface area contributed by atoms with Gasteiger partial charge < -0.3 is 5.32 Å². The standard InChI is InChI=1S/C14H18FN3O2/c15-13-7-12(18(19)20)2-1-10(13)8-17-6-4-14-11(9-17)3-5-16-14/h1-2,7,11,14,16H,3-6,8-9H2. The molecule has 2 saturated heterocycles. The monoisotopic (exact) mass is 279 g/mol. The van der Waals surface area contributed by atoms with Crippen LogP contribution < -0.4 is 5.32 Å². The van der Waals surface area contributed by atoms with E-state index in [4.69, 9.17) is 0 Å². The van der Waals surface area contributed by atoms with Crippen LogP contribution in [0.25, 0.3) is 0 Å². The molecular weight excluding hydrogens is 261 g/mol. The van der Waals surface area contributed by atoms with E-state index in [1.165, 1.54) is 18.6 Å². The Balaban J connectivity index is 1.67. The van der Waals surface area contributed by atoms with Crippen LogP contribution in [0, 0.1) is 21.8 Å². The van der Waals surface area contributed by atoms with Crippen LogP contribution in [0.3, 0.4) is 0 Å². The topological polar surface area (TPSA) is 58.4 Å². The van der Waals surface area contributed by atoms with E-state index in [0.717, 1.165) is 32.1 Å². The normalized spacial score (nSPS) is 26.4. The number of halogens is 1. The van der Waals surface area contributed by atoms with Gasteiger partial charge in [0.15, 0.2) is 0 Å². The van der Waals surface area contributed by atoms with Gasteiger partial charge >= 0.3 is 0 Å². The maximum absolute atomic E-state index is 13.9. The second-order valence-corrected chi connectivity index (χ2v) is 5.67. The zero-order valence-corrected chi connectivity index (χ0v) is 11.2. The predicted molar refractivity (Wildman–Crippen MR) is 72.8 cm³/mol. The van der Waals surface area contributed by atoms with Crippen molar-refractivity contribution in [1.29, 1.82) is 0 Å². The molecule has 0 aliphatic carbocycles. The van der Waals surface area contributed by atoms with Crippen molar-refractivity contribution in [2.24, 2.45) is 5.92 Å². The Morgan fingerprint density at radius 2 is 2.30 bits per heavy atom. The summed E-state index contributed by atoms with van der Waals surface area (Å²) in [5.41, 5.74) is 0.352. The van der Waals surface area contributed by atoms with Gasteiger partial charge in [-0.05, 0) is 37.9 Å². The fourth-order valence-corrected chi connectivity index (χ4v) is 3.29. The number of likely N-dealkylation sites (tertiary alicyclic amines) is 1. The Kier molecular flexibility index (Phi) is 3.67. The number of fused-ring (bicyclic) bond motifs is 1. The van der Waals surface area contributed by atoms with Gasteiger partial charge in [0.05, 0.1) is 11.0 Å². The van der Waals surface area contributed by atoms with Crippen LogP contribution in [0.5, 0.6) is 0 Å². The van der Waals surface area contributed by atoms with Gasteiger partial charge in [-0.1, -0.05) is 0 Å². The van der Waals surface area contributed by atoms with Crippen molar-refractivity contribution in [2.45, 2.75) is 25.4 Å². The molecule has 2 heterocycles. The van der Waals surface area contributed by atoms with Gasteiger partial charge in [-0.15, -0.1) is 0 Å². The van der Waals surface area contributed by atoms with E-state index >= 15 is 0 Å². The Hall–Kier alpha value is -1.53. The number of nitrogens with zero attached hydrogens (tertiary/aromatic N) is 2. The van der Waals surface area contributed by atoms with Gasteiger partial charge in [-0.2, -0.15) is 0 Å². The van der Waals surface area contributed by atoms with Crippen LogP contribution in [-0.4, -0.2) is 35.5 Å². The summed E-state index contributed by atoms with van der Waals surface area (Å²) in [7, 11) is 0. The number of nitrogens with one attached hydrogen (secondary N) is 1. The average Bonchev–Trinajstić information content (AvgIpc) is 2.88. The number of nitro benzene ring substituents is 1. The van der Waals surface area contributed by atoms with Gasteiger partial charge in [-0.3, -0.25) is 15.0 Å². The number of non-ortho nitro benzene ring substituents is 1. The first kappa shape index (κ1) is 13.5. The van der Waals surface area contributed by atoms with E-state index in [9.17, 15) is 14.5 Å². The van der Waals surface area contributed by atoms with Crippen molar-refractivity contribution in [3.63, 3.8) is 0 Å². The summed E-state index contributed by atoms with van der Waals surface area (Å²) in [4.78, 5) is 12.3. The van der Waals surface area contributed by atoms with E-state index < -0.39 is 10.7 Å². The summed E-state index contributed by atoms with van der Waals surface area (Å²) in [6.45, 7) is 3.54. The lowest BCUT2D eigenvalue weighted by Crippen LogP contribution is -2.44. The van der Waals surface area contributed by atoms with Gasteiger partial charge in [0.25, 0.3) is 5.69 Å². The smallest absolute Gasteiger partial charge is 0.272 e. The van der Waals surface area contributed by atoms with Crippen molar-refractivity contribution in [1.82, 2.24) is 10.2 Å². The zero-order chi connectivity index (χ0) is 14.1. The average molecular weight is 279 g/mol. The largest absolute Gasteiger partial charge is 0.314 e. The molecule has 3 rings (SSSR count). The van der Waals surface area contributed by atoms with E-state index in [1.54, 1.807) is 0 Å². The number of benzene rings is 1. The van der Waals surface area contributed by atoms with Crippen LogP contribution >= 0.6 is 0 Å². The summed E-state index contributed by atoms with van der Waals surface area (Å²) in [6, 6.07) is 4.54. The van der Waals surface area contributed by atoms with Crippen LogP contribution in [0.1, 0.15) is 18.4 Å². The highest BCUT2D eigenvalue weighted by Gasteiger charge is 2.32. The molecule has 0 saturated carbocycles. The van der Waals surface area contributed by atoms with E-state index in [1.807, 2.05) is 0 Å². The molecule has 2 atom stereocenters. The van der Waals surface area contributed by atoms with Gasteiger partial charge in [0.1, 0.15) is 5.82 Å². The molecular formula is C14H18FN3O2. The molecule has 0 amide bonds. The summed E-state index contributed by atoms with van der Waals surface area (Å²) in [5, 5.41) is 14.1. The van der Waals surface area contributed by atoms with Crippen LogP contribution in [-0.2, 0) is 6.54 Å². The van der Waals surface area contributed by atoms with Crippen molar-refractivity contribution >= 4 is 5.69 Å². The number of nitro groups is 1. The highest BCUT2D eigenvalue weighted by molar-refractivity contribution is 5.34. The van der Waals surface area contributed by atoms with Crippen LogP contribution in [0.4, 0.5) is 10.1 Å². The molecule has 6 heteroatoms. The molecule has 5 nitrogen and oxygen atoms in total. The minimum Gasteiger partial charge on any atom is -0.314 e. The zero-order valence-electron chi connectivity index (χ0n) is 11.2. The van der Waals surface area contributed by atoms with Crippen molar-refractivity contribution in [3.8, 4) is 0 Å². The number of hydrogen-bond acceptors (Lipinski definition) is 4. The van der Waals surface area contributed by atoms with Gasteiger partial charge in [-0.25, -0.2) is 4.39 Å². The van der Waals surface area contributed by atoms with Crippen molar-refractivity contribution < 1.29 is 9.31 Å². The first-order valence-electron chi connectivity index (χ1n) is 7.02. The molecule has 0 bridgehead atoms. The quantitative estimate of drug-likeness (QED) is 0.678. The predicted octanol–water partition coefficient (Wildman–Crippen LogP) is 1.92. The Morgan fingerprint density at radius 3 is 3.05 bits per heavy atom. The summed E-state index contributed by atoms with van der Waals surface area (Å²) in [5.74, 6) is 0.177. The third-order valence-electron chi connectivity index (χ3n) is 4.38. The highest BCUT2D eigenvalue weighted by Crippen LogP contribution is 2.26. The fourth-order valence-electron chi connectivity index (χ4n) is 3.29. The number of rotatable bonds is 3. The molecule has 1 N–H and O–H groups in total. The lowest BCUT2D eigenvalue weighted by molar-refractivity contribution is -0.385. The van der Waals surface area contributed by atoms with E-state index in [-0.39, 0.29) is 5.69 Å². The number of hydrogen-bond donors (Lipinski definition) is 1. The SMILES string of the molecule is O=[N+]([O-])c1ccc(CN2CCC3NCCC3C2)c(F)c1. The first-order valence-corrected chi connectivity index (χ1v) is 7.02. The molecule has 2 aliphatic heterocycles. The summed E-state index contributed by atoms with van der Waals surface area (Å²) >= 11 is 0. The number of piperidine rings is 1. The third-order valence-corrected chi connectivity index (χ3v) is 4.38. The third kappa shape index (κ3) is 2.66. The lowest BCUT2D eigenvalue weighted by Gasteiger charge is -2.34. The molecule has 2 unspecified atom stereocenters. The Bertz CT molecular complexity index is 523.